The van der Waals surface area contributed by atoms with Gasteiger partial charge in [-0.2, -0.15) is 0 Å². The minimum Gasteiger partial charge on any atom is -0.254 e. The van der Waals surface area contributed by atoms with Gasteiger partial charge in [0.05, 0.1) is 0 Å². The predicted molar refractivity (Wildman–Crippen MR) is 90.2 cm³/mol. The molecule has 0 aliphatic carbocycles. The van der Waals surface area contributed by atoms with E-state index in [-0.39, 0.29) is 0 Å². The van der Waals surface area contributed by atoms with E-state index < -0.39 is 0 Å². The number of benzene rings is 1. The maximum Gasteiger partial charge on any atom is 0.196 e. The Kier molecular flexibility index (Phi) is 2.73. The Balaban J connectivity index is 2.43. The summed E-state index contributed by atoms with van der Waals surface area (Å²) in [6.45, 7) is 6.66. The average molecular weight is 290 g/mol. The summed E-state index contributed by atoms with van der Waals surface area (Å²) in [5.74, 6) is 0.473. The molecule has 0 atom stereocenters. The fraction of sp³-hybridized carbons (Fsp3) is 0.263. The van der Waals surface area contributed by atoms with E-state index in [1.807, 2.05) is 6.20 Å². The smallest absolute Gasteiger partial charge is 0.196 e. The third-order valence-corrected chi connectivity index (χ3v) is 4.56. The Labute approximate surface area is 129 Å². The zero-order chi connectivity index (χ0) is 15.4. The molecule has 0 saturated carbocycles. The van der Waals surface area contributed by atoms with E-state index in [0.717, 1.165) is 5.52 Å². The van der Waals surface area contributed by atoms with Gasteiger partial charge in [-0.3, -0.25) is 4.98 Å². The maximum atomic E-state index is 4.75. The summed E-state index contributed by atoms with van der Waals surface area (Å²) in [5, 5.41) is 2.57. The molecule has 0 bridgehead atoms. The fourth-order valence-corrected chi connectivity index (χ4v) is 3.50. The molecule has 0 radical (unpaired) electrons. The van der Waals surface area contributed by atoms with E-state index in [2.05, 4.69) is 73.5 Å². The van der Waals surface area contributed by atoms with E-state index in [0.29, 0.717) is 5.92 Å². The van der Waals surface area contributed by atoms with Crippen LogP contribution < -0.4 is 4.68 Å². The Morgan fingerprint density at radius 2 is 1.95 bits per heavy atom. The third-order valence-electron chi connectivity index (χ3n) is 4.56. The van der Waals surface area contributed by atoms with Crippen LogP contribution >= 0.6 is 0 Å². The van der Waals surface area contributed by atoms with Crippen molar-refractivity contribution >= 4 is 27.3 Å². The number of rotatable bonds is 1. The number of aryl methyl sites for hydroxylation is 2. The predicted octanol–water partition coefficient (Wildman–Crippen LogP) is 3.90. The molecule has 0 amide bonds. The summed E-state index contributed by atoms with van der Waals surface area (Å²) < 4.78 is 4.40. The van der Waals surface area contributed by atoms with E-state index in [1.54, 1.807) is 0 Å². The molecule has 0 saturated heterocycles. The summed E-state index contributed by atoms with van der Waals surface area (Å²) in [6.07, 6.45) is 4.03. The first-order valence-corrected chi connectivity index (χ1v) is 7.77. The van der Waals surface area contributed by atoms with Crippen LogP contribution in [0.15, 0.2) is 42.7 Å². The highest BCUT2D eigenvalue weighted by atomic mass is 15.3. The lowest BCUT2D eigenvalue weighted by molar-refractivity contribution is -0.735. The Morgan fingerprint density at radius 1 is 1.14 bits per heavy atom. The molecule has 4 aromatic rings. The molecule has 3 heteroatoms. The molecule has 0 N–H and O–H groups in total. The van der Waals surface area contributed by atoms with Crippen molar-refractivity contribution in [2.45, 2.75) is 26.7 Å². The minimum absolute atomic E-state index is 0.473. The van der Waals surface area contributed by atoms with Crippen LogP contribution in [0.25, 0.3) is 27.3 Å². The van der Waals surface area contributed by atoms with Crippen molar-refractivity contribution in [3.63, 3.8) is 0 Å². The number of pyridine rings is 2. The van der Waals surface area contributed by atoms with E-state index in [9.17, 15) is 0 Å². The molecule has 0 aliphatic heterocycles. The molecule has 4 rings (SSSR count). The van der Waals surface area contributed by atoms with Gasteiger partial charge >= 0.3 is 0 Å². The third kappa shape index (κ3) is 1.62. The van der Waals surface area contributed by atoms with Gasteiger partial charge in [-0.1, -0.05) is 32.0 Å². The molecule has 110 valence electrons. The molecule has 0 aliphatic rings. The van der Waals surface area contributed by atoms with Crippen molar-refractivity contribution in [1.29, 1.82) is 0 Å². The van der Waals surface area contributed by atoms with Crippen molar-refractivity contribution in [3.05, 3.63) is 53.9 Å². The number of nitrogens with zero attached hydrogens (tertiary/aromatic N) is 3. The van der Waals surface area contributed by atoms with Gasteiger partial charge in [0.2, 0.25) is 0 Å². The van der Waals surface area contributed by atoms with Crippen LogP contribution in [0.4, 0.5) is 0 Å². The number of hydrogen-bond donors (Lipinski definition) is 0. The summed E-state index contributed by atoms with van der Waals surface area (Å²) in [4.78, 5) is 4.75. The molecule has 1 aromatic carbocycles. The normalized spacial score (nSPS) is 12.0. The van der Waals surface area contributed by atoms with Gasteiger partial charge in [0.25, 0.3) is 0 Å². The van der Waals surface area contributed by atoms with Crippen molar-refractivity contribution in [2.75, 3.05) is 0 Å². The van der Waals surface area contributed by atoms with Crippen LogP contribution in [-0.4, -0.2) is 9.50 Å². The van der Waals surface area contributed by atoms with Crippen LogP contribution in [0.2, 0.25) is 0 Å². The lowest BCUT2D eigenvalue weighted by Crippen LogP contribution is -2.34. The highest BCUT2D eigenvalue weighted by Gasteiger charge is 2.19. The van der Waals surface area contributed by atoms with Crippen LogP contribution in [0.3, 0.4) is 0 Å². The molecule has 3 heterocycles. The second-order valence-corrected chi connectivity index (χ2v) is 6.34. The first-order valence-electron chi connectivity index (χ1n) is 7.77. The standard InChI is InChI=1S/C19H20N3/c1-12(2)14-6-5-7-15-16-9-11-21(4)22(16)19-13(3)8-10-20-18(19)17(14)15/h5-12H,1-4H3/q+1. The Morgan fingerprint density at radius 3 is 2.73 bits per heavy atom. The Hall–Kier alpha value is -2.42. The minimum atomic E-state index is 0.473. The van der Waals surface area contributed by atoms with Gasteiger partial charge in [-0.05, 0) is 30.0 Å². The van der Waals surface area contributed by atoms with Gasteiger partial charge in [0, 0.05) is 23.0 Å². The van der Waals surface area contributed by atoms with Crippen LogP contribution in [0.5, 0.6) is 0 Å². The average Bonchev–Trinajstić information content (AvgIpc) is 2.89. The summed E-state index contributed by atoms with van der Waals surface area (Å²) in [7, 11) is 2.08. The van der Waals surface area contributed by atoms with Gasteiger partial charge in [0.1, 0.15) is 16.6 Å². The molecule has 3 aromatic heterocycles. The lowest BCUT2D eigenvalue weighted by atomic mass is 9.94. The lowest BCUT2D eigenvalue weighted by Gasteiger charge is -2.14. The highest BCUT2D eigenvalue weighted by Crippen LogP contribution is 2.34. The first kappa shape index (κ1) is 13.3. The van der Waals surface area contributed by atoms with Crippen LogP contribution in [-0.2, 0) is 7.05 Å². The van der Waals surface area contributed by atoms with E-state index >= 15 is 0 Å². The molecule has 22 heavy (non-hydrogen) atoms. The van der Waals surface area contributed by atoms with Crippen LogP contribution in [0, 0.1) is 6.92 Å². The van der Waals surface area contributed by atoms with Gasteiger partial charge < -0.3 is 0 Å². The number of hydrogen-bond acceptors (Lipinski definition) is 1. The summed E-state index contributed by atoms with van der Waals surface area (Å²) in [6, 6.07) is 10.9. The van der Waals surface area contributed by atoms with E-state index in [1.165, 1.54) is 32.9 Å². The topological polar surface area (TPSA) is 21.2 Å². The van der Waals surface area contributed by atoms with Gasteiger partial charge in [-0.25, -0.2) is 0 Å². The molecule has 0 fully saturated rings. The number of fused-ring (bicyclic) bond motifs is 6. The largest absolute Gasteiger partial charge is 0.254 e. The summed E-state index contributed by atoms with van der Waals surface area (Å²) in [5.41, 5.74) is 6.15. The zero-order valence-corrected chi connectivity index (χ0v) is 13.5. The maximum absolute atomic E-state index is 4.75. The Bertz CT molecular complexity index is 1030. The van der Waals surface area contributed by atoms with Gasteiger partial charge in [0.15, 0.2) is 13.2 Å². The van der Waals surface area contributed by atoms with E-state index in [4.69, 9.17) is 4.98 Å². The van der Waals surface area contributed by atoms with Crippen molar-refractivity contribution in [2.24, 2.45) is 7.05 Å². The SMILES string of the molecule is Cc1ccnc2c3c(C(C)C)cccc3c3cc[n+](C)n3c12. The monoisotopic (exact) mass is 290 g/mol. The quantitative estimate of drug-likeness (QED) is 0.385. The van der Waals surface area contributed by atoms with Crippen molar-refractivity contribution < 1.29 is 4.68 Å². The second-order valence-electron chi connectivity index (χ2n) is 6.34. The van der Waals surface area contributed by atoms with Crippen LogP contribution in [0.1, 0.15) is 30.9 Å². The molecule has 0 spiro atoms. The number of aromatic nitrogens is 3. The molecule has 0 unspecified atom stereocenters. The highest BCUT2D eigenvalue weighted by molar-refractivity contribution is 6.12. The first-order chi connectivity index (χ1) is 10.6. The molecular formula is C19H20N3+. The second kappa shape index (κ2) is 4.54. The fourth-order valence-electron chi connectivity index (χ4n) is 3.50. The summed E-state index contributed by atoms with van der Waals surface area (Å²) >= 11 is 0. The van der Waals surface area contributed by atoms with Crippen molar-refractivity contribution in [1.82, 2.24) is 9.50 Å². The molecule has 3 nitrogen and oxygen atoms in total. The van der Waals surface area contributed by atoms with Gasteiger partial charge in [-0.15, -0.1) is 9.20 Å². The molecular weight excluding hydrogens is 270 g/mol. The zero-order valence-electron chi connectivity index (χ0n) is 13.5. The van der Waals surface area contributed by atoms with Crippen molar-refractivity contribution in [3.8, 4) is 0 Å².